The Hall–Kier alpha value is -2.08. The average molecular weight is 361 g/mol. The van der Waals surface area contributed by atoms with Gasteiger partial charge in [0, 0.05) is 11.9 Å². The summed E-state index contributed by atoms with van der Waals surface area (Å²) in [5, 5.41) is 0. The Morgan fingerprint density at radius 1 is 1.24 bits per heavy atom. The molecule has 2 aromatic rings. The minimum absolute atomic E-state index is 0.00864. The second kappa shape index (κ2) is 6.67. The van der Waals surface area contributed by atoms with Crippen molar-refractivity contribution in [2.45, 2.75) is 43.9 Å². The molecular weight excluding hydrogens is 338 g/mol. The number of carbonyl (C=O) groups is 1. The summed E-state index contributed by atoms with van der Waals surface area (Å²) in [6.45, 7) is 3.77. The van der Waals surface area contributed by atoms with E-state index in [1.807, 2.05) is 19.9 Å². The zero-order chi connectivity index (χ0) is 18.2. The van der Waals surface area contributed by atoms with Crippen LogP contribution in [0.3, 0.4) is 0 Å². The lowest BCUT2D eigenvalue weighted by molar-refractivity contribution is -0.145. The third-order valence-electron chi connectivity index (χ3n) is 5.07. The Kier molecular flexibility index (Phi) is 4.73. The number of fused-ring (bicyclic) bond motifs is 1. The molecular formula is C19H23NO4S. The summed E-state index contributed by atoms with van der Waals surface area (Å²) in [4.78, 5) is 12.2. The first-order chi connectivity index (χ1) is 11.9. The number of hydrogen-bond acceptors (Lipinski definition) is 4. The summed E-state index contributed by atoms with van der Waals surface area (Å²) in [5.74, 6) is -0.556. The third kappa shape index (κ3) is 3.11. The van der Waals surface area contributed by atoms with E-state index in [9.17, 15) is 13.2 Å². The predicted molar refractivity (Wildman–Crippen MR) is 95.1 cm³/mol. The molecule has 2 atom stereocenters. The molecule has 0 aliphatic heterocycles. The van der Waals surface area contributed by atoms with Crippen LogP contribution in [-0.2, 0) is 26.0 Å². The summed E-state index contributed by atoms with van der Waals surface area (Å²) in [6.07, 6.45) is 4.02. The van der Waals surface area contributed by atoms with Gasteiger partial charge in [0.1, 0.15) is 0 Å². The Morgan fingerprint density at radius 3 is 2.56 bits per heavy atom. The van der Waals surface area contributed by atoms with Crippen LogP contribution in [-0.4, -0.2) is 25.5 Å². The molecule has 0 radical (unpaired) electrons. The molecule has 134 valence electrons. The monoisotopic (exact) mass is 361 g/mol. The van der Waals surface area contributed by atoms with Crippen LogP contribution in [0.1, 0.15) is 42.5 Å². The lowest BCUT2D eigenvalue weighted by Crippen LogP contribution is -2.25. The fourth-order valence-corrected chi connectivity index (χ4v) is 5.03. The van der Waals surface area contributed by atoms with Crippen molar-refractivity contribution in [3.63, 3.8) is 0 Å². The summed E-state index contributed by atoms with van der Waals surface area (Å²) in [6, 6.07) is 8.70. The molecule has 2 unspecified atom stereocenters. The SMILES string of the molecule is COC(=O)C(C)C1CCCc2c1ccn2S(=O)(=O)c1ccc(C)cc1. The molecule has 3 rings (SSSR count). The van der Waals surface area contributed by atoms with Crippen LogP contribution in [0, 0.1) is 12.8 Å². The van der Waals surface area contributed by atoms with E-state index < -0.39 is 10.0 Å². The van der Waals surface area contributed by atoms with Gasteiger partial charge < -0.3 is 4.74 Å². The van der Waals surface area contributed by atoms with Crippen LogP contribution >= 0.6 is 0 Å². The van der Waals surface area contributed by atoms with Crippen LogP contribution in [0.15, 0.2) is 41.4 Å². The molecule has 0 bridgehead atoms. The van der Waals surface area contributed by atoms with Crippen molar-refractivity contribution in [2.24, 2.45) is 5.92 Å². The first-order valence-corrected chi connectivity index (χ1v) is 9.90. The van der Waals surface area contributed by atoms with Gasteiger partial charge in [-0.05, 0) is 55.9 Å². The number of rotatable bonds is 4. The molecule has 1 aliphatic carbocycles. The minimum atomic E-state index is -3.63. The zero-order valence-corrected chi connectivity index (χ0v) is 15.5. The van der Waals surface area contributed by atoms with Crippen molar-refractivity contribution in [3.8, 4) is 0 Å². The van der Waals surface area contributed by atoms with E-state index in [0.29, 0.717) is 6.42 Å². The molecule has 0 amide bonds. The maximum absolute atomic E-state index is 13.0. The van der Waals surface area contributed by atoms with Crippen molar-refractivity contribution in [3.05, 3.63) is 53.3 Å². The molecule has 0 fully saturated rings. The van der Waals surface area contributed by atoms with Gasteiger partial charge >= 0.3 is 5.97 Å². The molecule has 1 heterocycles. The smallest absolute Gasteiger partial charge is 0.308 e. The second-order valence-corrected chi connectivity index (χ2v) is 8.46. The Morgan fingerprint density at radius 2 is 1.92 bits per heavy atom. The summed E-state index contributed by atoms with van der Waals surface area (Å²) >= 11 is 0. The van der Waals surface area contributed by atoms with Crippen LogP contribution in [0.25, 0.3) is 0 Å². The first kappa shape index (κ1) is 17.7. The van der Waals surface area contributed by atoms with Crippen molar-refractivity contribution < 1.29 is 17.9 Å². The third-order valence-corrected chi connectivity index (χ3v) is 6.80. The number of methoxy groups -OCH3 is 1. The first-order valence-electron chi connectivity index (χ1n) is 8.46. The van der Waals surface area contributed by atoms with Crippen molar-refractivity contribution in [2.75, 3.05) is 7.11 Å². The number of esters is 1. The maximum atomic E-state index is 13.0. The van der Waals surface area contributed by atoms with E-state index in [-0.39, 0.29) is 22.7 Å². The summed E-state index contributed by atoms with van der Waals surface area (Å²) < 4.78 is 32.3. The highest BCUT2D eigenvalue weighted by Gasteiger charge is 2.33. The molecule has 1 aromatic carbocycles. The molecule has 6 heteroatoms. The fourth-order valence-electron chi connectivity index (χ4n) is 3.62. The number of benzene rings is 1. The quantitative estimate of drug-likeness (QED) is 0.784. The molecule has 0 saturated carbocycles. The van der Waals surface area contributed by atoms with Crippen molar-refractivity contribution in [1.29, 1.82) is 0 Å². The lowest BCUT2D eigenvalue weighted by Gasteiger charge is -2.27. The van der Waals surface area contributed by atoms with E-state index in [1.165, 1.54) is 11.1 Å². The van der Waals surface area contributed by atoms with Gasteiger partial charge in [-0.15, -0.1) is 0 Å². The number of aromatic nitrogens is 1. The van der Waals surface area contributed by atoms with E-state index in [2.05, 4.69) is 0 Å². The summed E-state index contributed by atoms with van der Waals surface area (Å²) in [5.41, 5.74) is 2.74. The van der Waals surface area contributed by atoms with Gasteiger partial charge in [0.25, 0.3) is 10.0 Å². The van der Waals surface area contributed by atoms with E-state index in [0.717, 1.165) is 29.7 Å². The van der Waals surface area contributed by atoms with Crippen LogP contribution < -0.4 is 0 Å². The average Bonchev–Trinajstić information content (AvgIpc) is 3.05. The van der Waals surface area contributed by atoms with Gasteiger partial charge in [-0.3, -0.25) is 4.79 Å². The van der Waals surface area contributed by atoms with Gasteiger partial charge in [0.05, 0.1) is 17.9 Å². The number of hydrogen-bond donors (Lipinski definition) is 0. The largest absolute Gasteiger partial charge is 0.469 e. The predicted octanol–water partition coefficient (Wildman–Crippen LogP) is 3.26. The maximum Gasteiger partial charge on any atom is 0.308 e. The van der Waals surface area contributed by atoms with Crippen molar-refractivity contribution >= 4 is 16.0 Å². The lowest BCUT2D eigenvalue weighted by atomic mass is 9.79. The number of aryl methyl sites for hydroxylation is 1. The number of carbonyl (C=O) groups excluding carboxylic acids is 1. The standard InChI is InChI=1S/C19H23NO4S/c1-13-7-9-15(10-8-13)25(22,23)20-12-11-17-16(5-4-6-18(17)20)14(2)19(21)24-3/h7-12,14,16H,4-6H2,1-3H3. The van der Waals surface area contributed by atoms with Gasteiger partial charge in [-0.1, -0.05) is 24.6 Å². The highest BCUT2D eigenvalue weighted by Crippen LogP contribution is 2.39. The minimum Gasteiger partial charge on any atom is -0.469 e. The summed E-state index contributed by atoms with van der Waals surface area (Å²) in [7, 11) is -2.24. The van der Waals surface area contributed by atoms with Crippen LogP contribution in [0.5, 0.6) is 0 Å². The molecule has 1 aromatic heterocycles. The molecule has 25 heavy (non-hydrogen) atoms. The zero-order valence-electron chi connectivity index (χ0n) is 14.7. The highest BCUT2D eigenvalue weighted by atomic mass is 32.2. The molecule has 0 spiro atoms. The van der Waals surface area contributed by atoms with Crippen molar-refractivity contribution in [1.82, 2.24) is 3.97 Å². The molecule has 0 saturated heterocycles. The van der Waals surface area contributed by atoms with Crippen LogP contribution in [0.4, 0.5) is 0 Å². The molecule has 0 N–H and O–H groups in total. The number of nitrogens with zero attached hydrogens (tertiary/aromatic N) is 1. The van der Waals surface area contributed by atoms with E-state index >= 15 is 0 Å². The Bertz CT molecular complexity index is 881. The van der Waals surface area contributed by atoms with Gasteiger partial charge in [-0.2, -0.15) is 0 Å². The molecule has 1 aliphatic rings. The molecule has 5 nitrogen and oxygen atoms in total. The highest BCUT2D eigenvalue weighted by molar-refractivity contribution is 7.90. The van der Waals surface area contributed by atoms with Crippen LogP contribution in [0.2, 0.25) is 0 Å². The second-order valence-electron chi connectivity index (χ2n) is 6.64. The fraction of sp³-hybridized carbons (Fsp3) is 0.421. The Balaban J connectivity index is 2.02. The van der Waals surface area contributed by atoms with E-state index in [1.54, 1.807) is 30.5 Å². The Labute approximate surface area is 148 Å². The topological polar surface area (TPSA) is 65.4 Å². The van der Waals surface area contributed by atoms with Gasteiger partial charge in [0.2, 0.25) is 0 Å². The number of ether oxygens (including phenoxy) is 1. The normalized spacial score (nSPS) is 18.4. The van der Waals surface area contributed by atoms with Gasteiger partial charge in [0.15, 0.2) is 0 Å². The van der Waals surface area contributed by atoms with Gasteiger partial charge in [-0.25, -0.2) is 12.4 Å². The van der Waals surface area contributed by atoms with E-state index in [4.69, 9.17) is 4.74 Å².